The zero-order valence-corrected chi connectivity index (χ0v) is 24.1. The van der Waals surface area contributed by atoms with E-state index < -0.39 is 45.3 Å². The topological polar surface area (TPSA) is 111 Å². The van der Waals surface area contributed by atoms with Crippen molar-refractivity contribution in [3.63, 3.8) is 0 Å². The smallest absolute Gasteiger partial charge is 0.329 e. The molecule has 0 bridgehead atoms. The summed E-state index contributed by atoms with van der Waals surface area (Å²) in [4.78, 5) is 50.7. The summed E-state index contributed by atoms with van der Waals surface area (Å²) in [6, 6.07) is 15.3. The van der Waals surface area contributed by atoms with Gasteiger partial charge >= 0.3 is 11.9 Å². The Balaban J connectivity index is 2.11. The highest BCUT2D eigenvalue weighted by molar-refractivity contribution is 9.09. The van der Waals surface area contributed by atoms with Gasteiger partial charge in [-0.2, -0.15) is 0 Å². The van der Waals surface area contributed by atoms with Crippen LogP contribution in [0.15, 0.2) is 60.7 Å². The maximum atomic E-state index is 12.7. The van der Waals surface area contributed by atoms with Crippen molar-refractivity contribution in [2.24, 2.45) is 0 Å². The van der Waals surface area contributed by atoms with Crippen LogP contribution in [0, 0.1) is 0 Å². The van der Waals surface area contributed by atoms with Crippen molar-refractivity contribution in [1.82, 2.24) is 10.6 Å². The zero-order chi connectivity index (χ0) is 27.6. The van der Waals surface area contributed by atoms with Crippen molar-refractivity contribution in [2.75, 3.05) is 14.2 Å². The fraction of sp³-hybridized carbons (Fsp3) is 0.385. The number of hydrogen-bond donors (Lipinski definition) is 2. The average Bonchev–Trinajstić information content (AvgIpc) is 2.89. The van der Waals surface area contributed by atoms with Gasteiger partial charge in [0.25, 0.3) is 11.8 Å². The van der Waals surface area contributed by atoms with Gasteiger partial charge in [0.15, 0.2) is 0 Å². The molecule has 37 heavy (non-hydrogen) atoms. The first-order valence-corrected chi connectivity index (χ1v) is 14.8. The van der Waals surface area contributed by atoms with E-state index in [-0.39, 0.29) is 0 Å². The van der Waals surface area contributed by atoms with Crippen LogP contribution in [-0.4, -0.2) is 59.6 Å². The molecule has 2 aromatic carbocycles. The summed E-state index contributed by atoms with van der Waals surface area (Å²) in [5.41, 5.74) is 0.853. The highest BCUT2D eigenvalue weighted by Crippen LogP contribution is 2.50. The van der Waals surface area contributed by atoms with Crippen molar-refractivity contribution in [3.8, 4) is 0 Å². The molecule has 0 saturated heterocycles. The largest absolute Gasteiger partial charge is 0.467 e. The number of esters is 2. The number of carbonyl (C=O) groups is 4. The second-order valence-electron chi connectivity index (χ2n) is 9.03. The van der Waals surface area contributed by atoms with E-state index in [9.17, 15) is 19.2 Å². The maximum absolute atomic E-state index is 12.7. The van der Waals surface area contributed by atoms with Crippen LogP contribution in [0.3, 0.4) is 0 Å². The summed E-state index contributed by atoms with van der Waals surface area (Å²) >= 11 is 0. The maximum Gasteiger partial charge on any atom is 0.329 e. The van der Waals surface area contributed by atoms with Crippen molar-refractivity contribution in [1.29, 1.82) is 0 Å². The lowest BCUT2D eigenvalue weighted by molar-refractivity contribution is -0.144. The first kappa shape index (κ1) is 30.6. The fourth-order valence-electron chi connectivity index (χ4n) is 3.17. The standard InChI is InChI=1S/C26H32N2O6S3/c1-25(2,19(23(31)33-5)27-21(29)17-13-9-7-10-14-17)35-37-36-26(3,4)20(24(32)34-6)28-22(30)18-15-11-8-12-16-18/h7-16,19-20H,1-6H3,(H,27,29)(H,28,30). The van der Waals surface area contributed by atoms with E-state index >= 15 is 0 Å². The van der Waals surface area contributed by atoms with Crippen LogP contribution < -0.4 is 10.6 Å². The SMILES string of the molecule is COC(=O)C(NC(=O)c1ccccc1)C(C)(C)SSSC(C)(C)C(NC(=O)c1ccccc1)C(=O)OC. The molecule has 200 valence electrons. The predicted octanol–water partition coefficient (Wildman–Crippen LogP) is 4.52. The first-order chi connectivity index (χ1) is 17.4. The van der Waals surface area contributed by atoms with Gasteiger partial charge in [0.2, 0.25) is 0 Å². The van der Waals surface area contributed by atoms with Gasteiger partial charge in [0.05, 0.1) is 23.7 Å². The third-order valence-corrected chi connectivity index (χ3v) is 11.1. The molecule has 0 fully saturated rings. The Kier molecular flexibility index (Phi) is 11.4. The molecular formula is C26H32N2O6S3. The van der Waals surface area contributed by atoms with Gasteiger partial charge in [-0.15, -0.1) is 0 Å². The van der Waals surface area contributed by atoms with Crippen LogP contribution in [0.4, 0.5) is 0 Å². The molecule has 0 radical (unpaired) electrons. The minimum Gasteiger partial charge on any atom is -0.467 e. The quantitative estimate of drug-likeness (QED) is 0.284. The summed E-state index contributed by atoms with van der Waals surface area (Å²) in [6.45, 7) is 7.28. The molecule has 0 spiro atoms. The number of hydrogen-bond acceptors (Lipinski definition) is 9. The fourth-order valence-corrected chi connectivity index (χ4v) is 9.25. The number of benzene rings is 2. The van der Waals surface area contributed by atoms with E-state index in [1.807, 2.05) is 27.7 Å². The van der Waals surface area contributed by atoms with Gasteiger partial charge < -0.3 is 20.1 Å². The van der Waals surface area contributed by atoms with Crippen LogP contribution >= 0.6 is 31.4 Å². The summed E-state index contributed by atoms with van der Waals surface area (Å²) in [5.74, 6) is -1.93. The Bertz CT molecular complexity index is 995. The number of nitrogens with one attached hydrogen (secondary N) is 2. The van der Waals surface area contributed by atoms with E-state index in [4.69, 9.17) is 9.47 Å². The number of rotatable bonds is 12. The minimum absolute atomic E-state index is 0.392. The second-order valence-corrected chi connectivity index (χ2v) is 14.2. The molecule has 0 aromatic heterocycles. The van der Waals surface area contributed by atoms with E-state index in [1.54, 1.807) is 60.7 Å². The molecule has 0 heterocycles. The number of ether oxygens (including phenoxy) is 2. The molecule has 0 aliphatic heterocycles. The summed E-state index contributed by atoms with van der Waals surface area (Å²) in [6.07, 6.45) is 0. The third-order valence-electron chi connectivity index (χ3n) is 5.38. The van der Waals surface area contributed by atoms with E-state index in [1.165, 1.54) is 45.6 Å². The monoisotopic (exact) mass is 564 g/mol. The van der Waals surface area contributed by atoms with Crippen molar-refractivity contribution >= 4 is 55.2 Å². The van der Waals surface area contributed by atoms with E-state index in [2.05, 4.69) is 10.6 Å². The van der Waals surface area contributed by atoms with Gasteiger partial charge in [-0.25, -0.2) is 9.59 Å². The average molecular weight is 565 g/mol. The van der Waals surface area contributed by atoms with Crippen LogP contribution in [0.1, 0.15) is 48.4 Å². The molecular weight excluding hydrogens is 532 g/mol. The third kappa shape index (κ3) is 8.72. The van der Waals surface area contributed by atoms with Crippen molar-refractivity contribution < 1.29 is 28.7 Å². The highest BCUT2D eigenvalue weighted by atomic mass is 33.5. The Hall–Kier alpha value is -2.63. The zero-order valence-electron chi connectivity index (χ0n) is 21.6. The summed E-state index contributed by atoms with van der Waals surface area (Å²) < 4.78 is 8.34. The lowest BCUT2D eigenvalue weighted by Crippen LogP contribution is -2.53. The van der Waals surface area contributed by atoms with Gasteiger partial charge in [-0.05, 0) is 61.8 Å². The molecule has 0 aliphatic carbocycles. The van der Waals surface area contributed by atoms with Crippen LogP contribution in [0.25, 0.3) is 0 Å². The lowest BCUT2D eigenvalue weighted by atomic mass is 10.0. The molecule has 11 heteroatoms. The second kappa shape index (κ2) is 13.8. The summed E-state index contributed by atoms with van der Waals surface area (Å²) in [5, 5.41) is 5.56. The molecule has 8 nitrogen and oxygen atoms in total. The molecule has 0 aliphatic rings. The minimum atomic E-state index is -0.944. The van der Waals surface area contributed by atoms with Crippen molar-refractivity contribution in [3.05, 3.63) is 71.8 Å². The molecule has 2 amide bonds. The van der Waals surface area contributed by atoms with E-state index in [0.717, 1.165) is 0 Å². The van der Waals surface area contributed by atoms with Gasteiger partial charge in [0, 0.05) is 11.1 Å². The molecule has 2 N–H and O–H groups in total. The Morgan fingerprint density at radius 2 is 0.973 bits per heavy atom. The Morgan fingerprint density at radius 1 is 0.649 bits per heavy atom. The normalized spacial score (nSPS) is 13.1. The van der Waals surface area contributed by atoms with E-state index in [0.29, 0.717) is 11.1 Å². The lowest BCUT2D eigenvalue weighted by Gasteiger charge is -2.34. The van der Waals surface area contributed by atoms with Crippen LogP contribution in [0.5, 0.6) is 0 Å². The van der Waals surface area contributed by atoms with Crippen LogP contribution in [-0.2, 0) is 19.1 Å². The molecule has 2 unspecified atom stereocenters. The Labute approximate surface area is 229 Å². The molecule has 0 saturated carbocycles. The molecule has 2 aromatic rings. The van der Waals surface area contributed by atoms with Crippen molar-refractivity contribution in [2.45, 2.75) is 49.3 Å². The number of carbonyl (C=O) groups excluding carboxylic acids is 4. The van der Waals surface area contributed by atoms with Crippen LogP contribution in [0.2, 0.25) is 0 Å². The number of amides is 2. The van der Waals surface area contributed by atoms with Gasteiger partial charge in [-0.1, -0.05) is 58.0 Å². The first-order valence-electron chi connectivity index (χ1n) is 11.3. The Morgan fingerprint density at radius 3 is 1.27 bits per heavy atom. The predicted molar refractivity (Wildman–Crippen MR) is 150 cm³/mol. The van der Waals surface area contributed by atoms with Gasteiger partial charge in [-0.3, -0.25) is 9.59 Å². The summed E-state index contributed by atoms with van der Waals surface area (Å²) in [7, 11) is 6.57. The molecule has 2 rings (SSSR count). The van der Waals surface area contributed by atoms with Gasteiger partial charge in [0.1, 0.15) is 12.1 Å². The number of methoxy groups -OCH3 is 2. The highest BCUT2D eigenvalue weighted by Gasteiger charge is 2.42. The molecule has 2 atom stereocenters.